The molecule has 0 bridgehead atoms. The van der Waals surface area contributed by atoms with Crippen LogP contribution in [0, 0.1) is 23.3 Å². The van der Waals surface area contributed by atoms with Gasteiger partial charge >= 0.3 is 5.97 Å². The quantitative estimate of drug-likeness (QED) is 0.422. The van der Waals surface area contributed by atoms with Gasteiger partial charge in [0, 0.05) is 0 Å². The fraction of sp³-hybridized carbons (Fsp3) is 0. The summed E-state index contributed by atoms with van der Waals surface area (Å²) in [5, 5.41) is 9.15. The number of hydrogen-bond acceptors (Lipinski definition) is 5. The molecule has 14 heteroatoms. The van der Waals surface area contributed by atoms with Crippen LogP contribution in [0.3, 0.4) is 0 Å². The Balaban J connectivity index is 2.13. The molecule has 0 radical (unpaired) electrons. The van der Waals surface area contributed by atoms with Crippen molar-refractivity contribution in [2.75, 3.05) is 9.44 Å². The maximum atomic E-state index is 14.0. The van der Waals surface area contributed by atoms with Crippen LogP contribution in [0.25, 0.3) is 0 Å². The van der Waals surface area contributed by atoms with E-state index in [2.05, 4.69) is 0 Å². The topological polar surface area (TPSA) is 130 Å². The molecular formula is C19H12F4N2O6S2. The Morgan fingerprint density at radius 3 is 1.45 bits per heavy atom. The molecule has 0 fully saturated rings. The standard InChI is InChI=1S/C19H12F4N2O6S2/c20-11-3-1-4-12(21)17(11)32(28,29)24-15-8-7-10(19(26)27)9-16(15)25-33(30,31)18-13(22)5-2-6-14(18)23/h1-9,24-25H,(H,26,27). The molecular weight excluding hydrogens is 492 g/mol. The number of halogens is 4. The van der Waals surface area contributed by atoms with E-state index in [-0.39, 0.29) is 0 Å². The molecule has 33 heavy (non-hydrogen) atoms. The first-order valence-electron chi connectivity index (χ1n) is 8.64. The zero-order valence-corrected chi connectivity index (χ0v) is 17.6. The molecule has 0 amide bonds. The number of sulfonamides is 2. The van der Waals surface area contributed by atoms with Gasteiger partial charge < -0.3 is 5.11 Å². The number of aromatic carboxylic acids is 1. The normalized spacial score (nSPS) is 11.8. The van der Waals surface area contributed by atoms with E-state index in [0.717, 1.165) is 24.3 Å². The number of anilines is 2. The monoisotopic (exact) mass is 504 g/mol. The van der Waals surface area contributed by atoms with Crippen LogP contribution in [-0.4, -0.2) is 27.9 Å². The summed E-state index contributed by atoms with van der Waals surface area (Å²) in [7, 11) is -10.0. The number of carboxylic acids is 1. The fourth-order valence-electron chi connectivity index (χ4n) is 2.72. The molecule has 3 aromatic rings. The molecule has 0 heterocycles. The molecule has 0 aromatic heterocycles. The van der Waals surface area contributed by atoms with E-state index in [0.29, 0.717) is 30.3 Å². The maximum absolute atomic E-state index is 14.0. The highest BCUT2D eigenvalue weighted by Crippen LogP contribution is 2.31. The lowest BCUT2D eigenvalue weighted by Crippen LogP contribution is -2.21. The summed E-state index contributed by atoms with van der Waals surface area (Å²) >= 11 is 0. The molecule has 0 aliphatic heterocycles. The summed E-state index contributed by atoms with van der Waals surface area (Å²) < 4.78 is 110. The number of rotatable bonds is 7. The number of nitrogens with one attached hydrogen (secondary N) is 2. The molecule has 3 aromatic carbocycles. The third kappa shape index (κ3) is 4.90. The minimum Gasteiger partial charge on any atom is -0.478 e. The summed E-state index contributed by atoms with van der Waals surface area (Å²) in [6, 6.07) is 6.73. The minimum absolute atomic E-state index is 0.540. The van der Waals surface area contributed by atoms with Gasteiger partial charge in [0.05, 0.1) is 16.9 Å². The fourth-order valence-corrected chi connectivity index (χ4v) is 5.15. The van der Waals surface area contributed by atoms with E-state index >= 15 is 0 Å². The van der Waals surface area contributed by atoms with Crippen LogP contribution < -0.4 is 9.44 Å². The van der Waals surface area contributed by atoms with Crippen LogP contribution in [0.2, 0.25) is 0 Å². The third-order valence-electron chi connectivity index (χ3n) is 4.13. The van der Waals surface area contributed by atoms with Gasteiger partial charge in [-0.3, -0.25) is 9.44 Å². The lowest BCUT2D eigenvalue weighted by Gasteiger charge is -2.16. The average molecular weight is 504 g/mol. The maximum Gasteiger partial charge on any atom is 0.335 e. The van der Waals surface area contributed by atoms with Gasteiger partial charge in [-0.1, -0.05) is 12.1 Å². The highest BCUT2D eigenvalue weighted by molar-refractivity contribution is 7.93. The minimum atomic E-state index is -5.05. The van der Waals surface area contributed by atoms with Gasteiger partial charge in [-0.15, -0.1) is 0 Å². The summed E-state index contributed by atoms with van der Waals surface area (Å²) in [6.45, 7) is 0. The van der Waals surface area contributed by atoms with Crippen molar-refractivity contribution in [3.63, 3.8) is 0 Å². The Morgan fingerprint density at radius 1 is 0.667 bits per heavy atom. The number of carbonyl (C=O) groups is 1. The van der Waals surface area contributed by atoms with Crippen LogP contribution in [-0.2, 0) is 20.0 Å². The molecule has 0 saturated carbocycles. The smallest absolute Gasteiger partial charge is 0.335 e. The molecule has 8 nitrogen and oxygen atoms in total. The van der Waals surface area contributed by atoms with Crippen molar-refractivity contribution in [3.8, 4) is 0 Å². The zero-order chi connectivity index (χ0) is 24.6. The van der Waals surface area contributed by atoms with Gasteiger partial charge in [0.1, 0.15) is 23.3 Å². The Morgan fingerprint density at radius 2 is 1.06 bits per heavy atom. The van der Waals surface area contributed by atoms with Crippen LogP contribution in [0.15, 0.2) is 64.4 Å². The second-order valence-electron chi connectivity index (χ2n) is 6.38. The van der Waals surface area contributed by atoms with E-state index in [1.54, 1.807) is 9.44 Å². The molecule has 174 valence electrons. The first kappa shape index (κ1) is 24.0. The Hall–Kier alpha value is -3.65. The molecule has 0 atom stereocenters. The van der Waals surface area contributed by atoms with Gasteiger partial charge in [-0.25, -0.2) is 39.2 Å². The van der Waals surface area contributed by atoms with Gasteiger partial charge in [-0.05, 0) is 42.5 Å². The number of benzene rings is 3. The Kier molecular flexibility index (Phi) is 6.33. The van der Waals surface area contributed by atoms with Crippen molar-refractivity contribution < 1.29 is 44.3 Å². The first-order valence-corrected chi connectivity index (χ1v) is 11.6. The van der Waals surface area contributed by atoms with E-state index < -0.39 is 76.0 Å². The molecule has 3 N–H and O–H groups in total. The van der Waals surface area contributed by atoms with Crippen molar-refractivity contribution >= 4 is 37.4 Å². The zero-order valence-electron chi connectivity index (χ0n) is 16.0. The summed E-state index contributed by atoms with van der Waals surface area (Å²) in [5.74, 6) is -7.43. The van der Waals surface area contributed by atoms with Gasteiger partial charge in [0.25, 0.3) is 20.0 Å². The predicted octanol–water partition coefficient (Wildman–Crippen LogP) is 3.54. The SMILES string of the molecule is O=C(O)c1ccc(NS(=O)(=O)c2c(F)cccc2F)c(NS(=O)(=O)c2c(F)cccc2F)c1. The number of carboxylic acid groups (broad SMARTS) is 1. The van der Waals surface area contributed by atoms with Crippen molar-refractivity contribution in [1.29, 1.82) is 0 Å². The molecule has 3 rings (SSSR count). The molecule has 0 aliphatic rings. The number of hydrogen-bond donors (Lipinski definition) is 3. The summed E-state index contributed by atoms with van der Waals surface area (Å²) in [5.41, 5.74) is -2.00. The molecule has 0 spiro atoms. The van der Waals surface area contributed by atoms with E-state index in [4.69, 9.17) is 5.11 Å². The average Bonchev–Trinajstić information content (AvgIpc) is 2.68. The van der Waals surface area contributed by atoms with Crippen molar-refractivity contribution in [2.45, 2.75) is 9.79 Å². The summed E-state index contributed by atoms with van der Waals surface area (Å²) in [6.07, 6.45) is 0. The van der Waals surface area contributed by atoms with E-state index in [9.17, 15) is 39.2 Å². The summed E-state index contributed by atoms with van der Waals surface area (Å²) in [4.78, 5) is 8.46. The van der Waals surface area contributed by atoms with Crippen LogP contribution in [0.5, 0.6) is 0 Å². The van der Waals surface area contributed by atoms with Crippen LogP contribution in [0.1, 0.15) is 10.4 Å². The van der Waals surface area contributed by atoms with Gasteiger partial charge in [-0.2, -0.15) is 0 Å². The largest absolute Gasteiger partial charge is 0.478 e. The van der Waals surface area contributed by atoms with Crippen molar-refractivity contribution in [3.05, 3.63) is 83.4 Å². The van der Waals surface area contributed by atoms with Crippen molar-refractivity contribution in [2.24, 2.45) is 0 Å². The first-order chi connectivity index (χ1) is 15.3. The van der Waals surface area contributed by atoms with E-state index in [1.165, 1.54) is 0 Å². The lowest BCUT2D eigenvalue weighted by molar-refractivity contribution is 0.0697. The van der Waals surface area contributed by atoms with Crippen molar-refractivity contribution in [1.82, 2.24) is 0 Å². The lowest BCUT2D eigenvalue weighted by atomic mass is 10.2. The van der Waals surface area contributed by atoms with Gasteiger partial charge in [0.15, 0.2) is 9.79 Å². The molecule has 0 unspecified atom stereocenters. The second-order valence-corrected chi connectivity index (χ2v) is 9.62. The van der Waals surface area contributed by atoms with Crippen LogP contribution >= 0.6 is 0 Å². The Labute approximate surface area is 184 Å². The van der Waals surface area contributed by atoms with Gasteiger partial charge in [0.2, 0.25) is 0 Å². The molecule has 0 saturated heterocycles. The molecule has 0 aliphatic carbocycles. The van der Waals surface area contributed by atoms with Crippen LogP contribution in [0.4, 0.5) is 28.9 Å². The van der Waals surface area contributed by atoms with E-state index in [1.807, 2.05) is 0 Å². The highest BCUT2D eigenvalue weighted by atomic mass is 32.2. The third-order valence-corrected chi connectivity index (χ3v) is 6.96. The highest BCUT2D eigenvalue weighted by Gasteiger charge is 2.28. The Bertz CT molecular complexity index is 1440. The second kappa shape index (κ2) is 8.71. The predicted molar refractivity (Wildman–Crippen MR) is 108 cm³/mol.